The van der Waals surface area contributed by atoms with Crippen LogP contribution in [0.5, 0.6) is 11.5 Å². The molecule has 0 N–H and O–H groups in total. The van der Waals surface area contributed by atoms with Crippen LogP contribution in [0.15, 0.2) is 16.6 Å². The van der Waals surface area contributed by atoms with Gasteiger partial charge in [0.25, 0.3) is 0 Å². The standard InChI is InChI=1S/C9H7BrF4O3/c1-15-4-16-6-3-2-5(10)8(7(6)11)17-9(12,13)14/h2-3H,4H2,1H3. The number of alkyl halides is 3. The molecule has 3 nitrogen and oxygen atoms in total. The van der Waals surface area contributed by atoms with E-state index in [0.717, 1.165) is 6.07 Å². The van der Waals surface area contributed by atoms with Gasteiger partial charge < -0.3 is 14.2 Å². The maximum atomic E-state index is 13.6. The van der Waals surface area contributed by atoms with Crippen molar-refractivity contribution in [3.05, 3.63) is 22.4 Å². The zero-order valence-corrected chi connectivity index (χ0v) is 10.1. The van der Waals surface area contributed by atoms with Gasteiger partial charge in [-0.3, -0.25) is 0 Å². The van der Waals surface area contributed by atoms with Crippen LogP contribution in [0.1, 0.15) is 0 Å². The lowest BCUT2D eigenvalue weighted by Gasteiger charge is -2.13. The van der Waals surface area contributed by atoms with Gasteiger partial charge in [0, 0.05) is 7.11 Å². The lowest BCUT2D eigenvalue weighted by Crippen LogP contribution is -2.18. The maximum Gasteiger partial charge on any atom is 0.573 e. The normalized spacial score (nSPS) is 11.4. The first-order chi connectivity index (χ1) is 7.85. The zero-order chi connectivity index (χ0) is 13.1. The van der Waals surface area contributed by atoms with Crippen molar-refractivity contribution >= 4 is 15.9 Å². The summed E-state index contributed by atoms with van der Waals surface area (Å²) in [7, 11) is 1.30. The van der Waals surface area contributed by atoms with E-state index in [0.29, 0.717) is 0 Å². The van der Waals surface area contributed by atoms with Crippen molar-refractivity contribution < 1.29 is 31.8 Å². The van der Waals surface area contributed by atoms with E-state index in [2.05, 4.69) is 25.4 Å². The summed E-state index contributed by atoms with van der Waals surface area (Å²) in [6.45, 7) is -0.288. The lowest BCUT2D eigenvalue weighted by molar-refractivity contribution is -0.275. The van der Waals surface area contributed by atoms with E-state index >= 15 is 0 Å². The Labute approximate surface area is 102 Å². The number of rotatable bonds is 4. The third-order valence-corrected chi connectivity index (χ3v) is 2.19. The van der Waals surface area contributed by atoms with E-state index in [4.69, 9.17) is 4.74 Å². The molecule has 8 heteroatoms. The van der Waals surface area contributed by atoms with Crippen LogP contribution in [-0.2, 0) is 4.74 Å². The molecule has 0 saturated heterocycles. The Morgan fingerprint density at radius 3 is 2.47 bits per heavy atom. The predicted octanol–water partition coefficient (Wildman–Crippen LogP) is 3.47. The molecule has 0 aliphatic carbocycles. The van der Waals surface area contributed by atoms with E-state index in [1.165, 1.54) is 13.2 Å². The van der Waals surface area contributed by atoms with Crippen molar-refractivity contribution in [3.63, 3.8) is 0 Å². The third-order valence-electron chi connectivity index (χ3n) is 1.56. The minimum atomic E-state index is -4.98. The first-order valence-electron chi connectivity index (χ1n) is 4.20. The van der Waals surface area contributed by atoms with Crippen LogP contribution < -0.4 is 9.47 Å². The van der Waals surface area contributed by atoms with Crippen LogP contribution in [0.25, 0.3) is 0 Å². The second-order valence-electron chi connectivity index (χ2n) is 2.79. The van der Waals surface area contributed by atoms with Crippen LogP contribution in [-0.4, -0.2) is 20.3 Å². The van der Waals surface area contributed by atoms with Crippen molar-refractivity contribution in [2.75, 3.05) is 13.9 Å². The third kappa shape index (κ3) is 4.04. The largest absolute Gasteiger partial charge is 0.573 e. The second kappa shape index (κ2) is 5.54. The highest BCUT2D eigenvalue weighted by Gasteiger charge is 2.34. The number of halogens is 5. The molecule has 0 aromatic heterocycles. The summed E-state index contributed by atoms with van der Waals surface area (Å²) in [4.78, 5) is 0. The van der Waals surface area contributed by atoms with Crippen molar-refractivity contribution in [1.82, 2.24) is 0 Å². The number of hydrogen-bond donors (Lipinski definition) is 0. The first-order valence-corrected chi connectivity index (χ1v) is 5.00. The highest BCUT2D eigenvalue weighted by molar-refractivity contribution is 9.10. The van der Waals surface area contributed by atoms with Crippen molar-refractivity contribution in [2.45, 2.75) is 6.36 Å². The maximum absolute atomic E-state index is 13.6. The lowest BCUT2D eigenvalue weighted by atomic mass is 10.3. The van der Waals surface area contributed by atoms with Crippen LogP contribution in [0.2, 0.25) is 0 Å². The van der Waals surface area contributed by atoms with Crippen LogP contribution >= 0.6 is 15.9 Å². The fraction of sp³-hybridized carbons (Fsp3) is 0.333. The Morgan fingerprint density at radius 1 is 1.29 bits per heavy atom. The summed E-state index contributed by atoms with van der Waals surface area (Å²) in [5.74, 6) is -2.63. The summed E-state index contributed by atoms with van der Waals surface area (Å²) in [6.07, 6.45) is -4.98. The fourth-order valence-electron chi connectivity index (χ4n) is 0.958. The molecule has 0 unspecified atom stereocenters. The molecule has 0 bridgehead atoms. The van der Waals surface area contributed by atoms with Gasteiger partial charge in [0.15, 0.2) is 18.3 Å². The molecule has 0 amide bonds. The van der Waals surface area contributed by atoms with Crippen molar-refractivity contribution in [2.24, 2.45) is 0 Å². The molecule has 0 spiro atoms. The second-order valence-corrected chi connectivity index (χ2v) is 3.64. The topological polar surface area (TPSA) is 27.7 Å². The molecule has 0 radical (unpaired) electrons. The molecular weight excluding hydrogens is 312 g/mol. The molecular formula is C9H7BrF4O3. The molecule has 1 aromatic carbocycles. The minimum Gasteiger partial charge on any atom is -0.464 e. The van der Waals surface area contributed by atoms with Gasteiger partial charge >= 0.3 is 6.36 Å². The summed E-state index contributed by atoms with van der Waals surface area (Å²) in [5, 5.41) is 0. The Bertz CT molecular complexity index is 395. The Balaban J connectivity index is 3.02. The van der Waals surface area contributed by atoms with E-state index in [1.807, 2.05) is 0 Å². The number of hydrogen-bond acceptors (Lipinski definition) is 3. The van der Waals surface area contributed by atoms with Crippen LogP contribution in [0.4, 0.5) is 17.6 Å². The summed E-state index contributed by atoms with van der Waals surface area (Å²) in [6, 6.07) is 2.33. The molecule has 0 aliphatic rings. The molecule has 0 atom stereocenters. The quantitative estimate of drug-likeness (QED) is 0.628. The predicted molar refractivity (Wildman–Crippen MR) is 53.3 cm³/mol. The summed E-state index contributed by atoms with van der Waals surface area (Å²) < 4.78 is 62.2. The van der Waals surface area contributed by atoms with Crippen LogP contribution in [0.3, 0.4) is 0 Å². The first kappa shape index (κ1) is 14.0. The molecule has 0 aliphatic heterocycles. The van der Waals surface area contributed by atoms with Gasteiger partial charge in [-0.2, -0.15) is 4.39 Å². The SMILES string of the molecule is COCOc1ccc(Br)c(OC(F)(F)F)c1F. The van der Waals surface area contributed by atoms with E-state index < -0.39 is 23.7 Å². The molecule has 17 heavy (non-hydrogen) atoms. The minimum absolute atomic E-state index is 0.169. The highest BCUT2D eigenvalue weighted by atomic mass is 79.9. The van der Waals surface area contributed by atoms with Crippen molar-refractivity contribution in [3.8, 4) is 11.5 Å². The van der Waals surface area contributed by atoms with Gasteiger partial charge in [-0.05, 0) is 28.1 Å². The monoisotopic (exact) mass is 318 g/mol. The molecule has 1 aromatic rings. The highest BCUT2D eigenvalue weighted by Crippen LogP contribution is 2.37. The van der Waals surface area contributed by atoms with Crippen LogP contribution in [0, 0.1) is 5.82 Å². The number of methoxy groups -OCH3 is 1. The molecule has 1 rings (SSSR count). The molecule has 0 fully saturated rings. The Kier molecular flexibility index (Phi) is 4.58. The smallest absolute Gasteiger partial charge is 0.464 e. The Morgan fingerprint density at radius 2 is 1.94 bits per heavy atom. The van der Waals surface area contributed by atoms with Gasteiger partial charge in [0.1, 0.15) is 0 Å². The van der Waals surface area contributed by atoms with Gasteiger partial charge in [-0.25, -0.2) is 0 Å². The zero-order valence-electron chi connectivity index (χ0n) is 8.48. The summed E-state index contributed by atoms with van der Waals surface area (Å²) >= 11 is 2.75. The molecule has 0 saturated carbocycles. The number of ether oxygens (including phenoxy) is 3. The summed E-state index contributed by atoms with van der Waals surface area (Å²) in [5.41, 5.74) is 0. The molecule has 96 valence electrons. The number of benzene rings is 1. The van der Waals surface area contributed by atoms with Gasteiger partial charge in [-0.1, -0.05) is 0 Å². The average molecular weight is 319 g/mol. The average Bonchev–Trinajstić information content (AvgIpc) is 2.22. The fourth-order valence-corrected chi connectivity index (χ4v) is 1.34. The van der Waals surface area contributed by atoms with E-state index in [-0.39, 0.29) is 11.3 Å². The van der Waals surface area contributed by atoms with Gasteiger partial charge in [-0.15, -0.1) is 13.2 Å². The molecule has 0 heterocycles. The van der Waals surface area contributed by atoms with E-state index in [1.54, 1.807) is 0 Å². The van der Waals surface area contributed by atoms with Crippen molar-refractivity contribution in [1.29, 1.82) is 0 Å². The Hall–Kier alpha value is -1.02. The van der Waals surface area contributed by atoms with E-state index in [9.17, 15) is 17.6 Å². The van der Waals surface area contributed by atoms with Gasteiger partial charge in [0.2, 0.25) is 5.82 Å². The van der Waals surface area contributed by atoms with Gasteiger partial charge in [0.05, 0.1) is 4.47 Å².